The number of methoxy groups -OCH3 is 1. The molecule has 2 aromatic carbocycles. The maximum atomic E-state index is 13.7. The van der Waals surface area contributed by atoms with Crippen molar-refractivity contribution in [2.75, 3.05) is 33.5 Å². The van der Waals surface area contributed by atoms with E-state index in [1.54, 1.807) is 0 Å². The number of amides is 2. The molecule has 17 nitrogen and oxygen atoms in total. The molecule has 340 valence electrons. The fourth-order valence-corrected chi connectivity index (χ4v) is 7.55. The molecule has 4 rings (SSSR count). The summed E-state index contributed by atoms with van der Waals surface area (Å²) >= 11 is 0. The van der Waals surface area contributed by atoms with E-state index >= 15 is 0 Å². The van der Waals surface area contributed by atoms with E-state index in [0.717, 1.165) is 101 Å². The zero-order chi connectivity index (χ0) is 45.0. The van der Waals surface area contributed by atoms with E-state index < -0.39 is 85.8 Å². The molecule has 1 fully saturated rings. The minimum absolute atomic E-state index is 0.0256. The first kappa shape index (κ1) is 49.1. The molecule has 0 bridgehead atoms. The molecule has 1 aliphatic carbocycles. The lowest BCUT2D eigenvalue weighted by Crippen LogP contribution is -2.63. The number of hydrogen-bond acceptors (Lipinski definition) is 15. The fraction of sp³-hybridized carbons (Fsp3) is 0.578. The van der Waals surface area contributed by atoms with Gasteiger partial charge in [0.25, 0.3) is 0 Å². The maximum Gasteiger partial charge on any atom is 0.407 e. The Hall–Kier alpha value is -5.55. The second-order valence-corrected chi connectivity index (χ2v) is 15.2. The number of rotatable bonds is 24. The highest BCUT2D eigenvalue weighted by Gasteiger charge is 2.53. The third-order valence-electron chi connectivity index (χ3n) is 10.4. The van der Waals surface area contributed by atoms with Gasteiger partial charge in [-0.1, -0.05) is 93.5 Å². The predicted octanol–water partition coefficient (Wildman–Crippen LogP) is 5.18. The second kappa shape index (κ2) is 25.4. The summed E-state index contributed by atoms with van der Waals surface area (Å²) in [5.41, 5.74) is 4.08. The number of nitrogens with one attached hydrogen (secondary N) is 2. The minimum Gasteiger partial charge on any atom is -0.469 e. The van der Waals surface area contributed by atoms with Crippen LogP contribution in [0.2, 0.25) is 0 Å². The van der Waals surface area contributed by atoms with Crippen LogP contribution in [0.15, 0.2) is 48.5 Å². The number of ether oxygens (including phenoxy) is 8. The Balaban J connectivity index is 1.44. The number of alkyl carbamates (subject to hydrolysis) is 1. The van der Waals surface area contributed by atoms with Gasteiger partial charge in [-0.15, -0.1) is 0 Å². The van der Waals surface area contributed by atoms with Gasteiger partial charge in [0.2, 0.25) is 5.91 Å². The summed E-state index contributed by atoms with van der Waals surface area (Å²) in [7, 11) is 1.39. The largest absolute Gasteiger partial charge is 0.469 e. The van der Waals surface area contributed by atoms with Gasteiger partial charge in [-0.3, -0.25) is 28.8 Å². The maximum absolute atomic E-state index is 13.7. The average molecular weight is 869 g/mol. The Bertz CT molecular complexity index is 1790. The number of fused-ring (bicyclic) bond motifs is 3. The lowest BCUT2D eigenvalue weighted by molar-refractivity contribution is -0.308. The van der Waals surface area contributed by atoms with Crippen molar-refractivity contribution in [2.45, 2.75) is 135 Å². The van der Waals surface area contributed by atoms with Crippen LogP contribution in [0.3, 0.4) is 0 Å². The molecule has 1 saturated heterocycles. The SMILES string of the molecule is COC(=O)CCCCCCCCCCCNC(=O)C(CO[C@@H]1O[C@H](COC(C)=O)[C@H](OC(C)=O)[C@H](OC(C)=O)[C@H]1OC(C)=O)NC(=O)OCC1c2ccccc2-c2ccccc21. The van der Waals surface area contributed by atoms with Crippen LogP contribution in [-0.2, 0) is 66.7 Å². The molecule has 0 aromatic heterocycles. The molecular formula is C45H60N2O15. The number of esters is 5. The summed E-state index contributed by atoms with van der Waals surface area (Å²) in [5.74, 6) is -4.17. The number of hydrogen-bond donors (Lipinski definition) is 2. The summed E-state index contributed by atoms with van der Waals surface area (Å²) in [6, 6.07) is 14.3. The number of unbranched alkanes of at least 4 members (excludes halogenated alkanes) is 8. The minimum atomic E-state index is -1.58. The van der Waals surface area contributed by atoms with E-state index in [1.165, 1.54) is 7.11 Å². The molecule has 0 radical (unpaired) electrons. The van der Waals surface area contributed by atoms with Gasteiger partial charge < -0.3 is 48.5 Å². The van der Waals surface area contributed by atoms with E-state index in [-0.39, 0.29) is 18.5 Å². The standard InChI is InChI=1S/C45H60N2O15/c1-28(48)56-27-38-40(59-29(2)49)41(60-30(3)50)42(61-31(4)51)44(62-38)57-26-37(43(53)46-24-18-12-10-8-6-7-9-11-13-23-39(52)55-5)47-45(54)58-25-36-34-21-16-14-19-32(34)33-20-15-17-22-35(33)36/h14-17,19-22,36-38,40-42,44H,6-13,18,23-27H2,1-5H3,(H,46,53)(H,47,54)/t37?,38-,40+,41+,42-,44-/m1/s1. The molecule has 2 amide bonds. The molecule has 1 unspecified atom stereocenters. The molecule has 0 saturated carbocycles. The summed E-state index contributed by atoms with van der Waals surface area (Å²) in [6.45, 7) is 3.70. The van der Waals surface area contributed by atoms with Crippen LogP contribution in [0.1, 0.15) is 109 Å². The zero-order valence-electron chi connectivity index (χ0n) is 36.2. The highest BCUT2D eigenvalue weighted by molar-refractivity contribution is 5.86. The Labute approximate surface area is 362 Å². The van der Waals surface area contributed by atoms with Crippen molar-refractivity contribution < 1.29 is 71.5 Å². The van der Waals surface area contributed by atoms with Gasteiger partial charge >= 0.3 is 35.9 Å². The number of carbonyl (C=O) groups excluding carboxylic acids is 7. The summed E-state index contributed by atoms with van der Waals surface area (Å²) in [6.07, 6.45) is 0.732. The van der Waals surface area contributed by atoms with E-state index in [2.05, 4.69) is 15.4 Å². The second-order valence-electron chi connectivity index (χ2n) is 15.2. The average Bonchev–Trinajstić information content (AvgIpc) is 3.55. The van der Waals surface area contributed by atoms with Crippen LogP contribution in [0.4, 0.5) is 4.79 Å². The van der Waals surface area contributed by atoms with Crippen LogP contribution < -0.4 is 10.6 Å². The summed E-state index contributed by atoms with van der Waals surface area (Å²) < 4.78 is 44.1. The van der Waals surface area contributed by atoms with Crippen molar-refractivity contribution >= 4 is 41.8 Å². The van der Waals surface area contributed by atoms with Crippen LogP contribution in [0, 0.1) is 0 Å². The van der Waals surface area contributed by atoms with Gasteiger partial charge in [0.05, 0.1) is 13.7 Å². The first-order valence-corrected chi connectivity index (χ1v) is 21.2. The van der Waals surface area contributed by atoms with Gasteiger partial charge in [0.15, 0.2) is 24.6 Å². The first-order chi connectivity index (χ1) is 29.8. The molecule has 17 heteroatoms. The summed E-state index contributed by atoms with van der Waals surface area (Å²) in [5, 5.41) is 5.45. The molecule has 2 N–H and O–H groups in total. The van der Waals surface area contributed by atoms with Crippen molar-refractivity contribution in [3.63, 3.8) is 0 Å². The Morgan fingerprint density at radius 2 is 1.16 bits per heavy atom. The number of carbonyl (C=O) groups is 7. The molecule has 1 heterocycles. The third kappa shape index (κ3) is 15.4. The lowest BCUT2D eigenvalue weighted by Gasteiger charge is -2.44. The topological polar surface area (TPSA) is 217 Å². The van der Waals surface area contributed by atoms with E-state index in [4.69, 9.17) is 33.2 Å². The monoisotopic (exact) mass is 868 g/mol. The van der Waals surface area contributed by atoms with Gasteiger partial charge in [-0.25, -0.2) is 4.79 Å². The smallest absolute Gasteiger partial charge is 0.407 e. The molecule has 62 heavy (non-hydrogen) atoms. The van der Waals surface area contributed by atoms with Crippen LogP contribution in [-0.4, -0.2) is 112 Å². The molecule has 0 spiro atoms. The predicted molar refractivity (Wildman–Crippen MR) is 221 cm³/mol. The van der Waals surface area contributed by atoms with E-state index in [9.17, 15) is 33.6 Å². The van der Waals surface area contributed by atoms with E-state index in [1.807, 2.05) is 48.5 Å². The molecule has 2 aliphatic rings. The third-order valence-corrected chi connectivity index (χ3v) is 10.4. The van der Waals surface area contributed by atoms with E-state index in [0.29, 0.717) is 19.4 Å². The Kier molecular flexibility index (Phi) is 20.1. The van der Waals surface area contributed by atoms with Gasteiger partial charge in [0, 0.05) is 46.6 Å². The van der Waals surface area contributed by atoms with Gasteiger partial charge in [-0.05, 0) is 35.1 Å². The molecule has 2 aromatic rings. The highest BCUT2D eigenvalue weighted by atomic mass is 16.7. The van der Waals surface area contributed by atoms with Crippen molar-refractivity contribution in [3.05, 3.63) is 59.7 Å². The first-order valence-electron chi connectivity index (χ1n) is 21.2. The normalized spacial score (nSPS) is 19.5. The highest BCUT2D eigenvalue weighted by Crippen LogP contribution is 2.44. The molecule has 6 atom stereocenters. The zero-order valence-corrected chi connectivity index (χ0v) is 36.2. The molecular weight excluding hydrogens is 808 g/mol. The van der Waals surface area contributed by atoms with Crippen molar-refractivity contribution in [1.82, 2.24) is 10.6 Å². The van der Waals surface area contributed by atoms with Crippen LogP contribution in [0.25, 0.3) is 11.1 Å². The van der Waals surface area contributed by atoms with Gasteiger partial charge in [-0.2, -0.15) is 0 Å². The van der Waals surface area contributed by atoms with Crippen molar-refractivity contribution in [1.29, 1.82) is 0 Å². The molecule has 1 aliphatic heterocycles. The van der Waals surface area contributed by atoms with Crippen LogP contribution >= 0.6 is 0 Å². The quantitative estimate of drug-likeness (QED) is 0.0789. The van der Waals surface area contributed by atoms with Gasteiger partial charge in [0.1, 0.15) is 25.4 Å². The van der Waals surface area contributed by atoms with Crippen molar-refractivity contribution in [3.8, 4) is 11.1 Å². The lowest BCUT2D eigenvalue weighted by atomic mass is 9.98. The Morgan fingerprint density at radius 3 is 1.73 bits per heavy atom. The van der Waals surface area contributed by atoms with Crippen molar-refractivity contribution in [2.24, 2.45) is 0 Å². The fourth-order valence-electron chi connectivity index (χ4n) is 7.55. The Morgan fingerprint density at radius 1 is 0.629 bits per heavy atom. The van der Waals surface area contributed by atoms with Crippen LogP contribution in [0.5, 0.6) is 0 Å². The number of benzene rings is 2. The summed E-state index contributed by atoms with van der Waals surface area (Å²) in [4.78, 5) is 87.1.